The van der Waals surface area contributed by atoms with Gasteiger partial charge in [0.05, 0.1) is 0 Å². The van der Waals surface area contributed by atoms with Crippen LogP contribution in [-0.4, -0.2) is 38.1 Å². The molecular formula is C14H24N2S. The average molecular weight is 252 g/mol. The van der Waals surface area contributed by atoms with Gasteiger partial charge in [-0.25, -0.2) is 0 Å². The summed E-state index contributed by atoms with van der Waals surface area (Å²) in [4.78, 5) is 4.00. The van der Waals surface area contributed by atoms with Crippen molar-refractivity contribution >= 4 is 11.3 Å². The highest BCUT2D eigenvalue weighted by atomic mass is 32.1. The fourth-order valence-corrected chi connectivity index (χ4v) is 3.44. The molecule has 0 aliphatic carbocycles. The summed E-state index contributed by atoms with van der Waals surface area (Å²) in [5, 5.41) is 5.69. The molecule has 0 saturated carbocycles. The highest BCUT2D eigenvalue weighted by Crippen LogP contribution is 2.26. The van der Waals surface area contributed by atoms with Crippen molar-refractivity contribution in [2.24, 2.45) is 5.41 Å². The minimum Gasteiger partial charge on any atom is -0.316 e. The van der Waals surface area contributed by atoms with E-state index in [9.17, 15) is 0 Å². The number of likely N-dealkylation sites (N-methyl/N-ethyl adjacent to an activating group) is 1. The van der Waals surface area contributed by atoms with Crippen molar-refractivity contribution in [3.63, 3.8) is 0 Å². The fraction of sp³-hybridized carbons (Fsp3) is 0.714. The van der Waals surface area contributed by atoms with Crippen LogP contribution in [0, 0.1) is 5.41 Å². The summed E-state index contributed by atoms with van der Waals surface area (Å²) in [5.74, 6) is 0. The lowest BCUT2D eigenvalue weighted by molar-refractivity contribution is 0.154. The molecule has 1 aliphatic heterocycles. The number of thiophene rings is 1. The maximum absolute atomic E-state index is 3.53. The molecule has 3 heteroatoms. The monoisotopic (exact) mass is 252 g/mol. The van der Waals surface area contributed by atoms with Crippen LogP contribution in [0.3, 0.4) is 0 Å². The Morgan fingerprint density at radius 3 is 3.06 bits per heavy atom. The molecule has 1 atom stereocenters. The lowest BCUT2D eigenvalue weighted by Gasteiger charge is -2.37. The lowest BCUT2D eigenvalue weighted by atomic mass is 9.82. The van der Waals surface area contributed by atoms with Crippen LogP contribution in [0.4, 0.5) is 0 Å². The molecule has 1 fully saturated rings. The number of piperidine rings is 1. The van der Waals surface area contributed by atoms with Crippen molar-refractivity contribution in [3.8, 4) is 0 Å². The third kappa shape index (κ3) is 4.09. The zero-order valence-electron chi connectivity index (χ0n) is 11.0. The normalized spacial score (nSPS) is 25.4. The molecule has 96 valence electrons. The summed E-state index contributed by atoms with van der Waals surface area (Å²) in [5.41, 5.74) is 0.475. The topological polar surface area (TPSA) is 15.3 Å². The minimum atomic E-state index is 0.475. The van der Waals surface area contributed by atoms with Crippen molar-refractivity contribution in [2.45, 2.75) is 26.2 Å². The van der Waals surface area contributed by atoms with E-state index < -0.39 is 0 Å². The molecule has 1 aromatic rings. The van der Waals surface area contributed by atoms with Crippen LogP contribution in [0.25, 0.3) is 0 Å². The van der Waals surface area contributed by atoms with Crippen molar-refractivity contribution < 1.29 is 0 Å². The molecule has 1 saturated heterocycles. The second kappa shape index (κ2) is 5.98. The highest BCUT2D eigenvalue weighted by molar-refractivity contribution is 7.09. The van der Waals surface area contributed by atoms with Gasteiger partial charge in [0.15, 0.2) is 0 Å². The molecule has 17 heavy (non-hydrogen) atoms. The summed E-state index contributed by atoms with van der Waals surface area (Å²) in [6, 6.07) is 4.38. The Bertz CT molecular complexity index is 315. The van der Waals surface area contributed by atoms with E-state index in [1.807, 2.05) is 11.3 Å². The molecular weight excluding hydrogens is 228 g/mol. The van der Waals surface area contributed by atoms with Gasteiger partial charge in [-0.1, -0.05) is 13.0 Å². The van der Waals surface area contributed by atoms with Crippen molar-refractivity contribution in [2.75, 3.05) is 33.2 Å². The Morgan fingerprint density at radius 1 is 1.53 bits per heavy atom. The van der Waals surface area contributed by atoms with Gasteiger partial charge < -0.3 is 10.2 Å². The van der Waals surface area contributed by atoms with Crippen molar-refractivity contribution in [3.05, 3.63) is 22.4 Å². The zero-order chi connectivity index (χ0) is 12.1. The number of hydrogen-bond donors (Lipinski definition) is 1. The van der Waals surface area contributed by atoms with Crippen LogP contribution >= 0.6 is 11.3 Å². The van der Waals surface area contributed by atoms with Gasteiger partial charge in [0.2, 0.25) is 0 Å². The van der Waals surface area contributed by atoms with E-state index in [4.69, 9.17) is 0 Å². The molecule has 2 heterocycles. The van der Waals surface area contributed by atoms with E-state index in [1.54, 1.807) is 0 Å². The predicted molar refractivity (Wildman–Crippen MR) is 75.7 cm³/mol. The van der Waals surface area contributed by atoms with E-state index in [-0.39, 0.29) is 0 Å². The largest absolute Gasteiger partial charge is 0.316 e. The Morgan fingerprint density at radius 2 is 2.41 bits per heavy atom. The van der Waals surface area contributed by atoms with Crippen molar-refractivity contribution in [1.29, 1.82) is 0 Å². The van der Waals surface area contributed by atoms with Gasteiger partial charge in [0, 0.05) is 24.5 Å². The quantitative estimate of drug-likeness (QED) is 0.866. The zero-order valence-corrected chi connectivity index (χ0v) is 11.9. The third-order valence-corrected chi connectivity index (χ3v) is 4.59. The predicted octanol–water partition coefficient (Wildman–Crippen LogP) is 2.61. The summed E-state index contributed by atoms with van der Waals surface area (Å²) >= 11 is 1.87. The average Bonchev–Trinajstić information content (AvgIpc) is 2.79. The van der Waals surface area contributed by atoms with E-state index in [2.05, 4.69) is 41.7 Å². The van der Waals surface area contributed by atoms with Crippen molar-refractivity contribution in [1.82, 2.24) is 10.2 Å². The van der Waals surface area contributed by atoms with E-state index >= 15 is 0 Å². The van der Waals surface area contributed by atoms with Gasteiger partial charge in [-0.15, -0.1) is 11.3 Å². The van der Waals surface area contributed by atoms with Crippen LogP contribution in [0.15, 0.2) is 17.5 Å². The second-order valence-electron chi connectivity index (χ2n) is 5.66. The molecule has 1 aliphatic rings. The van der Waals surface area contributed by atoms with Crippen LogP contribution in [0.1, 0.15) is 24.6 Å². The molecule has 1 N–H and O–H groups in total. The lowest BCUT2D eigenvalue weighted by Crippen LogP contribution is -2.45. The van der Waals surface area contributed by atoms with Gasteiger partial charge in [-0.2, -0.15) is 0 Å². The summed E-state index contributed by atoms with van der Waals surface area (Å²) < 4.78 is 0. The molecule has 1 unspecified atom stereocenters. The molecule has 0 amide bonds. The Labute approximate surface area is 109 Å². The standard InChI is InChI=1S/C14H24N2S/c1-14(7-4-8-15-11-14)12-16(2)9-6-13-5-3-10-17-13/h3,5,10,15H,4,6-9,11-12H2,1-2H3. The van der Waals surface area contributed by atoms with Crippen LogP contribution in [0.2, 0.25) is 0 Å². The Balaban J connectivity index is 1.74. The minimum absolute atomic E-state index is 0.475. The number of hydrogen-bond acceptors (Lipinski definition) is 3. The molecule has 0 radical (unpaired) electrons. The molecule has 0 bridgehead atoms. The molecule has 0 aromatic carbocycles. The van der Waals surface area contributed by atoms with E-state index in [0.29, 0.717) is 5.41 Å². The smallest absolute Gasteiger partial charge is 0.00579 e. The number of nitrogens with zero attached hydrogens (tertiary/aromatic N) is 1. The molecule has 2 nitrogen and oxygen atoms in total. The summed E-state index contributed by atoms with van der Waals surface area (Å²) in [7, 11) is 2.26. The van der Waals surface area contributed by atoms with E-state index in [1.165, 1.54) is 50.3 Å². The number of rotatable bonds is 5. The second-order valence-corrected chi connectivity index (χ2v) is 6.69. The first kappa shape index (κ1) is 13.1. The van der Waals surface area contributed by atoms with Crippen LogP contribution in [0.5, 0.6) is 0 Å². The molecule has 0 spiro atoms. The highest BCUT2D eigenvalue weighted by Gasteiger charge is 2.27. The van der Waals surface area contributed by atoms with Gasteiger partial charge >= 0.3 is 0 Å². The van der Waals surface area contributed by atoms with Gasteiger partial charge in [-0.05, 0) is 49.7 Å². The molecule has 1 aromatic heterocycles. The number of nitrogens with one attached hydrogen (secondary N) is 1. The summed E-state index contributed by atoms with van der Waals surface area (Å²) in [6.45, 7) is 7.19. The van der Waals surface area contributed by atoms with E-state index in [0.717, 1.165) is 0 Å². The molecule has 2 rings (SSSR count). The Kier molecular flexibility index (Phi) is 4.60. The third-order valence-electron chi connectivity index (χ3n) is 3.66. The first-order valence-electron chi connectivity index (χ1n) is 6.60. The first-order valence-corrected chi connectivity index (χ1v) is 7.48. The maximum Gasteiger partial charge on any atom is 0.00579 e. The Hall–Kier alpha value is -0.380. The summed E-state index contributed by atoms with van der Waals surface area (Å²) in [6.07, 6.45) is 3.89. The first-order chi connectivity index (χ1) is 8.18. The fourth-order valence-electron chi connectivity index (χ4n) is 2.74. The van der Waals surface area contributed by atoms with Crippen LogP contribution in [-0.2, 0) is 6.42 Å². The van der Waals surface area contributed by atoms with Gasteiger partial charge in [0.25, 0.3) is 0 Å². The van der Waals surface area contributed by atoms with Gasteiger partial charge in [0.1, 0.15) is 0 Å². The maximum atomic E-state index is 3.53. The SMILES string of the molecule is CN(CCc1cccs1)CC1(C)CCCNC1. The van der Waals surface area contributed by atoms with Crippen LogP contribution < -0.4 is 5.32 Å². The van der Waals surface area contributed by atoms with Gasteiger partial charge in [-0.3, -0.25) is 0 Å².